The SMILES string of the molecule is O=S(=O)(c1ccc(Cl)cc1)N1CCC[C@@H](c2nc(-c3ccc(C(F)(F)F)cc3)no2)C1. The molecule has 1 aromatic heterocycles. The molecular formula is C20H17ClF3N3O3S. The molecule has 3 aromatic rings. The van der Waals surface area contributed by atoms with Crippen molar-refractivity contribution in [3.05, 3.63) is 65.0 Å². The van der Waals surface area contributed by atoms with E-state index in [9.17, 15) is 21.6 Å². The Morgan fingerprint density at radius 3 is 2.39 bits per heavy atom. The fraction of sp³-hybridized carbons (Fsp3) is 0.300. The normalized spacial score (nSPS) is 18.3. The van der Waals surface area contributed by atoms with E-state index in [-0.39, 0.29) is 29.1 Å². The third-order valence-electron chi connectivity index (χ3n) is 5.10. The molecule has 11 heteroatoms. The highest BCUT2D eigenvalue weighted by Crippen LogP contribution is 2.33. The van der Waals surface area contributed by atoms with Crippen LogP contribution in [-0.4, -0.2) is 36.0 Å². The quantitative estimate of drug-likeness (QED) is 0.536. The highest BCUT2D eigenvalue weighted by Gasteiger charge is 2.34. The number of halogens is 4. The highest BCUT2D eigenvalue weighted by molar-refractivity contribution is 7.89. The first-order chi connectivity index (χ1) is 14.6. The number of hydrogen-bond acceptors (Lipinski definition) is 5. The van der Waals surface area contributed by atoms with Crippen LogP contribution in [0.3, 0.4) is 0 Å². The molecule has 6 nitrogen and oxygen atoms in total. The summed E-state index contributed by atoms with van der Waals surface area (Å²) in [7, 11) is -3.71. The summed E-state index contributed by atoms with van der Waals surface area (Å²) in [5, 5.41) is 4.30. The van der Waals surface area contributed by atoms with Gasteiger partial charge in [-0.2, -0.15) is 22.5 Å². The van der Waals surface area contributed by atoms with Gasteiger partial charge in [0.15, 0.2) is 0 Å². The van der Waals surface area contributed by atoms with E-state index in [2.05, 4.69) is 10.1 Å². The lowest BCUT2D eigenvalue weighted by atomic mass is 10.00. The smallest absolute Gasteiger partial charge is 0.339 e. The number of piperidine rings is 1. The van der Waals surface area contributed by atoms with Crippen molar-refractivity contribution in [1.29, 1.82) is 0 Å². The van der Waals surface area contributed by atoms with Gasteiger partial charge >= 0.3 is 6.18 Å². The van der Waals surface area contributed by atoms with Crippen molar-refractivity contribution in [2.24, 2.45) is 0 Å². The maximum Gasteiger partial charge on any atom is 0.416 e. The van der Waals surface area contributed by atoms with E-state index in [1.54, 1.807) is 0 Å². The average molecular weight is 472 g/mol. The van der Waals surface area contributed by atoms with E-state index < -0.39 is 21.8 Å². The zero-order chi connectivity index (χ0) is 22.2. The Morgan fingerprint density at radius 1 is 1.06 bits per heavy atom. The summed E-state index contributed by atoms with van der Waals surface area (Å²) in [5.41, 5.74) is -0.389. The van der Waals surface area contributed by atoms with Crippen LogP contribution in [0.5, 0.6) is 0 Å². The minimum Gasteiger partial charge on any atom is -0.339 e. The third kappa shape index (κ3) is 4.60. The second-order valence-electron chi connectivity index (χ2n) is 7.19. The van der Waals surface area contributed by atoms with Gasteiger partial charge in [-0.05, 0) is 49.2 Å². The maximum absolute atomic E-state index is 12.9. The van der Waals surface area contributed by atoms with Crippen LogP contribution in [0.25, 0.3) is 11.4 Å². The van der Waals surface area contributed by atoms with Crippen LogP contribution in [0.2, 0.25) is 5.02 Å². The monoisotopic (exact) mass is 471 g/mol. The molecule has 0 unspecified atom stereocenters. The van der Waals surface area contributed by atoms with E-state index >= 15 is 0 Å². The fourth-order valence-electron chi connectivity index (χ4n) is 3.44. The van der Waals surface area contributed by atoms with Gasteiger partial charge in [0.1, 0.15) is 0 Å². The number of benzene rings is 2. The molecule has 31 heavy (non-hydrogen) atoms. The highest BCUT2D eigenvalue weighted by atomic mass is 35.5. The Hall–Kier alpha value is -2.43. The maximum atomic E-state index is 12.9. The summed E-state index contributed by atoms with van der Waals surface area (Å²) in [5.74, 6) is 0.0961. The largest absolute Gasteiger partial charge is 0.416 e. The average Bonchev–Trinajstić information content (AvgIpc) is 3.24. The van der Waals surface area contributed by atoms with Gasteiger partial charge in [-0.15, -0.1) is 0 Å². The Labute approximate surface area is 181 Å². The van der Waals surface area contributed by atoms with Gasteiger partial charge in [-0.1, -0.05) is 28.9 Å². The number of hydrogen-bond donors (Lipinski definition) is 0. The van der Waals surface area contributed by atoms with Crippen molar-refractivity contribution in [2.75, 3.05) is 13.1 Å². The Morgan fingerprint density at radius 2 is 1.74 bits per heavy atom. The van der Waals surface area contributed by atoms with Gasteiger partial charge in [-0.25, -0.2) is 8.42 Å². The first-order valence-corrected chi connectivity index (χ1v) is 11.2. The number of sulfonamides is 1. The minimum absolute atomic E-state index is 0.147. The van der Waals surface area contributed by atoms with E-state index in [0.717, 1.165) is 12.1 Å². The molecule has 0 saturated carbocycles. The molecule has 2 heterocycles. The van der Waals surface area contributed by atoms with Gasteiger partial charge in [0, 0.05) is 23.7 Å². The molecule has 0 radical (unpaired) electrons. The molecule has 1 fully saturated rings. The molecule has 0 spiro atoms. The molecule has 2 aromatic carbocycles. The molecule has 0 amide bonds. The fourth-order valence-corrected chi connectivity index (χ4v) is 5.09. The Bertz CT molecular complexity index is 1160. The van der Waals surface area contributed by atoms with Crippen molar-refractivity contribution < 1.29 is 26.1 Å². The van der Waals surface area contributed by atoms with E-state index in [1.165, 1.54) is 40.7 Å². The molecule has 1 atom stereocenters. The molecule has 1 aliphatic heterocycles. The third-order valence-corrected chi connectivity index (χ3v) is 7.23. The summed E-state index contributed by atoms with van der Waals surface area (Å²) >= 11 is 5.84. The number of aromatic nitrogens is 2. The second kappa shape index (κ2) is 8.25. The topological polar surface area (TPSA) is 76.3 Å². The second-order valence-corrected chi connectivity index (χ2v) is 9.56. The standard InChI is InChI=1S/C20H17ClF3N3O3S/c21-16-7-9-17(10-8-16)31(28,29)27-11-1-2-14(12-27)19-25-18(26-30-19)13-3-5-15(6-4-13)20(22,23)24/h3-10,14H,1-2,11-12H2/t14-/m1/s1. The van der Waals surface area contributed by atoms with Gasteiger partial charge in [0.2, 0.25) is 21.7 Å². The van der Waals surface area contributed by atoms with Crippen LogP contribution >= 0.6 is 11.6 Å². The summed E-state index contributed by atoms with van der Waals surface area (Å²) in [6.45, 7) is 0.529. The van der Waals surface area contributed by atoms with Crippen LogP contribution < -0.4 is 0 Å². The summed E-state index contributed by atoms with van der Waals surface area (Å²) in [6.07, 6.45) is -3.17. The minimum atomic E-state index is -4.43. The van der Waals surface area contributed by atoms with E-state index in [4.69, 9.17) is 16.1 Å². The van der Waals surface area contributed by atoms with Crippen LogP contribution in [0, 0.1) is 0 Å². The van der Waals surface area contributed by atoms with Gasteiger partial charge < -0.3 is 4.52 Å². The van der Waals surface area contributed by atoms with Crippen molar-refractivity contribution >= 4 is 21.6 Å². The molecule has 0 bridgehead atoms. The van der Waals surface area contributed by atoms with Gasteiger partial charge in [-0.3, -0.25) is 0 Å². The molecule has 4 rings (SSSR count). The lowest BCUT2D eigenvalue weighted by Crippen LogP contribution is -2.39. The lowest BCUT2D eigenvalue weighted by molar-refractivity contribution is -0.137. The zero-order valence-corrected chi connectivity index (χ0v) is 17.6. The molecule has 1 saturated heterocycles. The summed E-state index contributed by atoms with van der Waals surface area (Å²) in [4.78, 5) is 4.45. The first-order valence-electron chi connectivity index (χ1n) is 9.41. The molecule has 0 N–H and O–H groups in total. The number of alkyl halides is 3. The van der Waals surface area contributed by atoms with Crippen LogP contribution in [-0.2, 0) is 16.2 Å². The van der Waals surface area contributed by atoms with Crippen LogP contribution in [0.15, 0.2) is 57.9 Å². The van der Waals surface area contributed by atoms with E-state index in [1.807, 2.05) is 0 Å². The molecular weight excluding hydrogens is 455 g/mol. The molecule has 0 aliphatic carbocycles. The van der Waals surface area contributed by atoms with Crippen LogP contribution in [0.1, 0.15) is 30.2 Å². The Kier molecular flexibility index (Phi) is 5.80. The molecule has 1 aliphatic rings. The van der Waals surface area contributed by atoms with Gasteiger partial charge in [0.25, 0.3) is 0 Å². The molecule has 164 valence electrons. The van der Waals surface area contributed by atoms with E-state index in [0.29, 0.717) is 30.0 Å². The van der Waals surface area contributed by atoms with Crippen molar-refractivity contribution in [3.63, 3.8) is 0 Å². The summed E-state index contributed by atoms with van der Waals surface area (Å²) < 4.78 is 70.8. The predicted octanol–water partition coefficient (Wildman–Crippen LogP) is 4.98. The zero-order valence-electron chi connectivity index (χ0n) is 16.0. The van der Waals surface area contributed by atoms with Crippen molar-refractivity contribution in [2.45, 2.75) is 29.8 Å². The first kappa shape index (κ1) is 21.8. The predicted molar refractivity (Wildman–Crippen MR) is 107 cm³/mol. The Balaban J connectivity index is 1.52. The van der Waals surface area contributed by atoms with Crippen molar-refractivity contribution in [1.82, 2.24) is 14.4 Å². The van der Waals surface area contributed by atoms with Crippen molar-refractivity contribution in [3.8, 4) is 11.4 Å². The van der Waals surface area contributed by atoms with Crippen LogP contribution in [0.4, 0.5) is 13.2 Å². The lowest BCUT2D eigenvalue weighted by Gasteiger charge is -2.30. The van der Waals surface area contributed by atoms with Gasteiger partial charge in [0.05, 0.1) is 16.4 Å². The summed E-state index contributed by atoms with van der Waals surface area (Å²) in [6, 6.07) is 10.4. The number of nitrogens with zero attached hydrogens (tertiary/aromatic N) is 3. The number of rotatable bonds is 4.